The van der Waals surface area contributed by atoms with Crippen molar-refractivity contribution in [2.24, 2.45) is 46.3 Å². The highest BCUT2D eigenvalue weighted by Crippen LogP contribution is 2.69. The molecule has 6 aliphatic rings. The molecule has 0 radical (unpaired) electrons. The molecule has 9 atom stereocenters. The Morgan fingerprint density at radius 1 is 0.875 bits per heavy atom. The Hall–Kier alpha value is -1.22. The molecule has 226 valence electrons. The molecule has 8 nitrogen and oxygen atoms in total. The van der Waals surface area contributed by atoms with Gasteiger partial charge >= 0.3 is 11.9 Å². The highest BCUT2D eigenvalue weighted by Gasteiger charge is 2.66. The molecule has 0 bridgehead atoms. The van der Waals surface area contributed by atoms with Crippen molar-refractivity contribution < 1.29 is 39.0 Å². The Balaban J connectivity index is 1.22. The minimum absolute atomic E-state index is 0.105. The van der Waals surface area contributed by atoms with Crippen LogP contribution in [0.3, 0.4) is 0 Å². The number of hydrogen-bond donors (Lipinski definition) is 1. The van der Waals surface area contributed by atoms with Crippen LogP contribution < -0.4 is 0 Å². The number of hydrogen-bond acceptors (Lipinski definition) is 7. The van der Waals surface area contributed by atoms with Crippen LogP contribution in [-0.4, -0.2) is 34.7 Å². The van der Waals surface area contributed by atoms with Crippen molar-refractivity contribution in [2.75, 3.05) is 0 Å². The molecular formula is C32H50O8. The number of rotatable bonds is 5. The quantitative estimate of drug-likeness (QED) is 0.284. The summed E-state index contributed by atoms with van der Waals surface area (Å²) >= 11 is 0. The van der Waals surface area contributed by atoms with Gasteiger partial charge in [-0.15, -0.1) is 0 Å². The van der Waals surface area contributed by atoms with Gasteiger partial charge in [0.05, 0.1) is 0 Å². The number of carboxylic acids is 1. The predicted molar refractivity (Wildman–Crippen MR) is 145 cm³/mol. The number of esters is 1. The maximum atomic E-state index is 12.4. The van der Waals surface area contributed by atoms with E-state index in [0.29, 0.717) is 36.0 Å². The second-order valence-electron chi connectivity index (χ2n) is 14.9. The lowest BCUT2D eigenvalue weighted by molar-refractivity contribution is -0.665. The van der Waals surface area contributed by atoms with Crippen molar-refractivity contribution in [1.29, 1.82) is 0 Å². The maximum absolute atomic E-state index is 12.4. The molecule has 1 aliphatic heterocycles. The van der Waals surface area contributed by atoms with E-state index in [1.165, 1.54) is 13.3 Å². The molecule has 0 aromatic heterocycles. The van der Waals surface area contributed by atoms with Gasteiger partial charge in [-0.25, -0.2) is 0 Å². The summed E-state index contributed by atoms with van der Waals surface area (Å²) in [5.74, 6) is -0.122. The van der Waals surface area contributed by atoms with E-state index in [-0.39, 0.29) is 35.2 Å². The molecule has 1 saturated heterocycles. The van der Waals surface area contributed by atoms with Crippen LogP contribution in [0.2, 0.25) is 0 Å². The van der Waals surface area contributed by atoms with E-state index >= 15 is 0 Å². The third-order valence-corrected chi connectivity index (χ3v) is 12.9. The summed E-state index contributed by atoms with van der Waals surface area (Å²) in [6, 6.07) is 0. The van der Waals surface area contributed by atoms with Gasteiger partial charge in [0.2, 0.25) is 11.6 Å². The average molecular weight is 563 g/mol. The van der Waals surface area contributed by atoms with Crippen molar-refractivity contribution >= 4 is 11.9 Å². The highest BCUT2D eigenvalue weighted by atomic mass is 17.4. The van der Waals surface area contributed by atoms with Crippen molar-refractivity contribution in [3.8, 4) is 0 Å². The minimum Gasteiger partial charge on any atom is -0.481 e. The average Bonchev–Trinajstić information content (AvgIpc) is 3.27. The van der Waals surface area contributed by atoms with Gasteiger partial charge in [-0.05, 0) is 98.2 Å². The first-order valence-electron chi connectivity index (χ1n) is 16.1. The first-order chi connectivity index (χ1) is 19.0. The molecule has 40 heavy (non-hydrogen) atoms. The Morgan fingerprint density at radius 3 is 2.23 bits per heavy atom. The van der Waals surface area contributed by atoms with Crippen LogP contribution in [0.4, 0.5) is 0 Å². The molecule has 6 rings (SSSR count). The van der Waals surface area contributed by atoms with Crippen molar-refractivity contribution in [3.63, 3.8) is 0 Å². The lowest BCUT2D eigenvalue weighted by atomic mass is 9.43. The largest absolute Gasteiger partial charge is 0.481 e. The lowest BCUT2D eigenvalue weighted by Crippen LogP contribution is -2.62. The normalized spacial score (nSPS) is 44.3. The van der Waals surface area contributed by atoms with Crippen LogP contribution in [0.1, 0.15) is 124 Å². The minimum atomic E-state index is -0.901. The Bertz CT molecular complexity index is 966. The zero-order valence-corrected chi connectivity index (χ0v) is 25.0. The fourth-order valence-electron chi connectivity index (χ4n) is 10.7. The monoisotopic (exact) mass is 562 g/mol. The van der Waals surface area contributed by atoms with E-state index in [9.17, 15) is 14.7 Å². The molecule has 6 fully saturated rings. The Morgan fingerprint density at radius 2 is 1.55 bits per heavy atom. The molecule has 0 aromatic carbocycles. The Labute approximate surface area is 239 Å². The molecule has 1 N–H and O–H groups in total. The molecule has 5 aliphatic carbocycles. The number of fused-ring (bicyclic) bond motifs is 5. The van der Waals surface area contributed by atoms with Crippen LogP contribution in [0.25, 0.3) is 0 Å². The zero-order chi connectivity index (χ0) is 28.3. The summed E-state index contributed by atoms with van der Waals surface area (Å²) in [6.45, 7) is 8.71. The van der Waals surface area contributed by atoms with Crippen LogP contribution >= 0.6 is 0 Å². The van der Waals surface area contributed by atoms with Crippen LogP contribution in [0.5, 0.6) is 0 Å². The SMILES string of the molecule is CC(=O)O[C@@H]1C[C@@H]2CC3(CC[C@]2(C)[C@H]2CC[C@]4(C)[C@@H]([C@H](C)CCC(=O)O)CC[C@H]4[C@H]12)OOC1(CCCCC1)OO3. The van der Waals surface area contributed by atoms with E-state index in [2.05, 4.69) is 20.8 Å². The van der Waals surface area contributed by atoms with Crippen molar-refractivity contribution in [3.05, 3.63) is 0 Å². The fraction of sp³-hybridized carbons (Fsp3) is 0.938. The van der Waals surface area contributed by atoms with Crippen LogP contribution in [0.15, 0.2) is 0 Å². The summed E-state index contributed by atoms with van der Waals surface area (Å²) in [5.41, 5.74) is 0.260. The molecule has 0 amide bonds. The second-order valence-corrected chi connectivity index (χ2v) is 14.9. The first-order valence-corrected chi connectivity index (χ1v) is 16.1. The summed E-state index contributed by atoms with van der Waals surface area (Å²) in [7, 11) is 0. The third kappa shape index (κ3) is 4.83. The van der Waals surface area contributed by atoms with E-state index in [1.807, 2.05) is 0 Å². The highest BCUT2D eigenvalue weighted by molar-refractivity contribution is 5.66. The van der Waals surface area contributed by atoms with Gasteiger partial charge in [0.15, 0.2) is 0 Å². The van der Waals surface area contributed by atoms with E-state index in [4.69, 9.17) is 24.3 Å². The van der Waals surface area contributed by atoms with Crippen LogP contribution in [0, 0.1) is 46.3 Å². The molecule has 2 spiro atoms. The Kier molecular flexibility index (Phi) is 7.58. The van der Waals surface area contributed by atoms with E-state index in [1.54, 1.807) is 0 Å². The maximum Gasteiger partial charge on any atom is 0.303 e. The van der Waals surface area contributed by atoms with Crippen molar-refractivity contribution in [2.45, 2.75) is 142 Å². The summed E-state index contributed by atoms with van der Waals surface area (Å²) in [5, 5.41) is 9.29. The lowest BCUT2D eigenvalue weighted by Gasteiger charge is -2.64. The molecule has 5 saturated carbocycles. The zero-order valence-electron chi connectivity index (χ0n) is 25.0. The third-order valence-electron chi connectivity index (χ3n) is 12.9. The molecule has 0 unspecified atom stereocenters. The van der Waals surface area contributed by atoms with Crippen LogP contribution in [-0.2, 0) is 33.9 Å². The molecule has 1 heterocycles. The van der Waals surface area contributed by atoms with Gasteiger partial charge in [-0.2, -0.15) is 19.6 Å². The molecule has 8 heteroatoms. The van der Waals surface area contributed by atoms with Crippen molar-refractivity contribution in [1.82, 2.24) is 0 Å². The summed E-state index contributed by atoms with van der Waals surface area (Å²) < 4.78 is 6.19. The number of ether oxygens (including phenoxy) is 1. The standard InChI is InChI=1S/C32H50O8/c1-20(8-11-27(34)35)23-9-10-24-28-25(12-15-30(23,24)4)29(3)16-17-32(19-22(29)18-26(28)36-21(2)33)39-37-31(38-40-32)13-6-5-7-14-31/h20,22-26,28H,5-19H2,1-4H3,(H,34,35)/t20-,22-,23-,24+,25+,26-,28+,29+,30-/m1/s1. The fourth-order valence-corrected chi connectivity index (χ4v) is 10.7. The second kappa shape index (κ2) is 10.5. The van der Waals surface area contributed by atoms with Gasteiger partial charge in [-0.3, -0.25) is 9.59 Å². The van der Waals surface area contributed by atoms with Gasteiger partial charge < -0.3 is 9.84 Å². The van der Waals surface area contributed by atoms with E-state index < -0.39 is 17.5 Å². The topological polar surface area (TPSA) is 101 Å². The van der Waals surface area contributed by atoms with Gasteiger partial charge in [0, 0.05) is 44.9 Å². The molecular weight excluding hydrogens is 512 g/mol. The number of aliphatic carboxylic acids is 1. The predicted octanol–water partition coefficient (Wildman–Crippen LogP) is 6.95. The van der Waals surface area contributed by atoms with Gasteiger partial charge in [-0.1, -0.05) is 27.2 Å². The summed E-state index contributed by atoms with van der Waals surface area (Å²) in [6.07, 6.45) is 13.4. The number of carbonyl (C=O) groups excluding carboxylic acids is 1. The summed E-state index contributed by atoms with van der Waals surface area (Å²) in [4.78, 5) is 47.9. The number of carboxylic acid groups (broad SMARTS) is 1. The number of carbonyl (C=O) groups is 2. The molecule has 0 aromatic rings. The van der Waals surface area contributed by atoms with E-state index in [0.717, 1.165) is 77.0 Å². The van der Waals surface area contributed by atoms with Gasteiger partial charge in [0.25, 0.3) is 0 Å². The smallest absolute Gasteiger partial charge is 0.303 e. The van der Waals surface area contributed by atoms with Gasteiger partial charge in [0.1, 0.15) is 6.10 Å². The first kappa shape index (κ1) is 28.9.